The first-order valence-electron chi connectivity index (χ1n) is 10.5. The minimum Gasteiger partial charge on any atom is -0.349 e. The van der Waals surface area contributed by atoms with Crippen molar-refractivity contribution in [3.05, 3.63) is 64.7 Å². The van der Waals surface area contributed by atoms with Crippen LogP contribution in [0.2, 0.25) is 0 Å². The van der Waals surface area contributed by atoms with Gasteiger partial charge in [-0.15, -0.1) is 0 Å². The van der Waals surface area contributed by atoms with Crippen LogP contribution >= 0.6 is 0 Å². The lowest BCUT2D eigenvalue weighted by Gasteiger charge is -2.32. The summed E-state index contributed by atoms with van der Waals surface area (Å²) < 4.78 is 27.7. The van der Waals surface area contributed by atoms with E-state index in [2.05, 4.69) is 26.1 Å². The van der Waals surface area contributed by atoms with Crippen molar-refractivity contribution in [2.24, 2.45) is 0 Å². The Kier molecular flexibility index (Phi) is 6.39. The monoisotopic (exact) mass is 428 g/mol. The summed E-state index contributed by atoms with van der Waals surface area (Å²) in [5, 5.41) is 3.07. The van der Waals surface area contributed by atoms with Crippen molar-refractivity contribution in [1.29, 1.82) is 0 Å². The van der Waals surface area contributed by atoms with Gasteiger partial charge in [0.2, 0.25) is 10.0 Å². The van der Waals surface area contributed by atoms with Crippen molar-refractivity contribution in [3.63, 3.8) is 0 Å². The fourth-order valence-corrected chi connectivity index (χ4v) is 5.53. The van der Waals surface area contributed by atoms with Crippen molar-refractivity contribution in [2.75, 3.05) is 13.1 Å². The molecule has 0 aromatic heterocycles. The van der Waals surface area contributed by atoms with E-state index in [4.69, 9.17) is 0 Å². The number of rotatable bonds is 4. The normalized spacial score (nSPS) is 16.4. The molecular weight excluding hydrogens is 396 g/mol. The third kappa shape index (κ3) is 4.93. The van der Waals surface area contributed by atoms with E-state index in [9.17, 15) is 13.2 Å². The zero-order valence-electron chi connectivity index (χ0n) is 18.5. The van der Waals surface area contributed by atoms with E-state index >= 15 is 0 Å². The molecule has 0 radical (unpaired) electrons. The molecule has 1 amide bonds. The average Bonchev–Trinajstić information content (AvgIpc) is 2.69. The SMILES string of the molecule is Cc1ccc(C)c(S(=O)(=O)N2CCC(NC(=O)c3ccc(C(C)(C)C)cc3)CC2)c1. The Balaban J connectivity index is 1.61. The van der Waals surface area contributed by atoms with Crippen LogP contribution in [0.15, 0.2) is 47.4 Å². The molecule has 5 nitrogen and oxygen atoms in total. The van der Waals surface area contributed by atoms with Crippen LogP contribution < -0.4 is 5.32 Å². The number of aryl methyl sites for hydroxylation is 2. The maximum Gasteiger partial charge on any atom is 0.251 e. The Morgan fingerprint density at radius 3 is 2.17 bits per heavy atom. The highest BCUT2D eigenvalue weighted by Crippen LogP contribution is 2.25. The van der Waals surface area contributed by atoms with Gasteiger partial charge < -0.3 is 5.32 Å². The zero-order valence-corrected chi connectivity index (χ0v) is 19.3. The second-order valence-corrected chi connectivity index (χ2v) is 11.2. The van der Waals surface area contributed by atoms with E-state index in [0.717, 1.165) is 11.1 Å². The minimum atomic E-state index is -3.52. The van der Waals surface area contributed by atoms with Gasteiger partial charge in [0.1, 0.15) is 0 Å². The van der Waals surface area contributed by atoms with Gasteiger partial charge in [-0.3, -0.25) is 4.79 Å². The Hall–Kier alpha value is -2.18. The summed E-state index contributed by atoms with van der Waals surface area (Å²) >= 11 is 0. The van der Waals surface area contributed by atoms with Crippen LogP contribution in [0, 0.1) is 13.8 Å². The molecule has 2 aromatic carbocycles. The van der Waals surface area contributed by atoms with Gasteiger partial charge >= 0.3 is 0 Å². The molecule has 3 rings (SSSR count). The summed E-state index contributed by atoms with van der Waals surface area (Å²) in [5.41, 5.74) is 3.55. The average molecular weight is 429 g/mol. The summed E-state index contributed by atoms with van der Waals surface area (Å²) in [6, 6.07) is 13.2. The first-order chi connectivity index (χ1) is 14.0. The molecule has 1 N–H and O–H groups in total. The van der Waals surface area contributed by atoms with Gasteiger partial charge in [-0.1, -0.05) is 45.0 Å². The maximum atomic E-state index is 13.1. The van der Waals surface area contributed by atoms with E-state index < -0.39 is 10.0 Å². The molecule has 0 saturated carbocycles. The molecule has 1 saturated heterocycles. The van der Waals surface area contributed by atoms with Crippen molar-refractivity contribution < 1.29 is 13.2 Å². The van der Waals surface area contributed by atoms with E-state index in [-0.39, 0.29) is 17.4 Å². The molecule has 0 spiro atoms. The molecule has 1 aliphatic rings. The predicted octanol–water partition coefficient (Wildman–Crippen LogP) is 4.18. The first-order valence-corrected chi connectivity index (χ1v) is 11.9. The Labute approximate surface area is 180 Å². The highest BCUT2D eigenvalue weighted by molar-refractivity contribution is 7.89. The number of piperidine rings is 1. The lowest BCUT2D eigenvalue weighted by molar-refractivity contribution is 0.0924. The number of carbonyl (C=O) groups excluding carboxylic acids is 1. The summed E-state index contributed by atoms with van der Waals surface area (Å²) in [6.07, 6.45) is 1.21. The molecule has 2 aromatic rings. The Morgan fingerprint density at radius 1 is 1.00 bits per heavy atom. The van der Waals surface area contributed by atoms with Gasteiger partial charge in [-0.25, -0.2) is 8.42 Å². The fourth-order valence-electron chi connectivity index (χ4n) is 3.76. The molecule has 6 heteroatoms. The molecule has 1 heterocycles. The largest absolute Gasteiger partial charge is 0.349 e. The van der Waals surface area contributed by atoms with E-state index in [0.29, 0.717) is 36.4 Å². The van der Waals surface area contributed by atoms with Crippen LogP contribution in [-0.4, -0.2) is 37.8 Å². The molecule has 30 heavy (non-hydrogen) atoms. The number of sulfonamides is 1. The van der Waals surface area contributed by atoms with Crippen molar-refractivity contribution >= 4 is 15.9 Å². The summed E-state index contributed by atoms with van der Waals surface area (Å²) in [7, 11) is -3.52. The van der Waals surface area contributed by atoms with Gasteiger partial charge in [-0.05, 0) is 67.0 Å². The van der Waals surface area contributed by atoms with Crippen molar-refractivity contribution in [3.8, 4) is 0 Å². The second kappa shape index (κ2) is 8.52. The number of nitrogens with zero attached hydrogens (tertiary/aromatic N) is 1. The topological polar surface area (TPSA) is 66.5 Å². The molecule has 1 fully saturated rings. The van der Waals surface area contributed by atoms with Gasteiger partial charge in [-0.2, -0.15) is 4.31 Å². The third-order valence-electron chi connectivity index (χ3n) is 5.76. The molecule has 1 aliphatic heterocycles. The van der Waals surface area contributed by atoms with Crippen LogP contribution in [0.3, 0.4) is 0 Å². The lowest BCUT2D eigenvalue weighted by atomic mass is 9.86. The van der Waals surface area contributed by atoms with Crippen LogP contribution in [0.1, 0.15) is 60.7 Å². The third-order valence-corrected chi connectivity index (χ3v) is 7.80. The van der Waals surface area contributed by atoms with Gasteiger partial charge in [0.05, 0.1) is 4.90 Å². The first kappa shape index (κ1) is 22.5. The lowest BCUT2D eigenvalue weighted by Crippen LogP contribution is -2.46. The number of hydrogen-bond acceptors (Lipinski definition) is 3. The predicted molar refractivity (Wildman–Crippen MR) is 120 cm³/mol. The van der Waals surface area contributed by atoms with Gasteiger partial charge in [0.15, 0.2) is 0 Å². The standard InChI is InChI=1S/C24H32N2O3S/c1-17-6-7-18(2)22(16-17)30(28,29)26-14-12-21(13-15-26)25-23(27)19-8-10-20(11-9-19)24(3,4)5/h6-11,16,21H,12-15H2,1-5H3,(H,25,27). The van der Waals surface area contributed by atoms with Crippen molar-refractivity contribution in [1.82, 2.24) is 9.62 Å². The molecular formula is C24H32N2O3S. The molecule has 0 unspecified atom stereocenters. The van der Waals surface area contributed by atoms with Crippen molar-refractivity contribution in [2.45, 2.75) is 63.8 Å². The van der Waals surface area contributed by atoms with Crippen LogP contribution in [-0.2, 0) is 15.4 Å². The van der Waals surface area contributed by atoms with E-state index in [1.807, 2.05) is 50.2 Å². The van der Waals surface area contributed by atoms with Crippen LogP contribution in [0.4, 0.5) is 0 Å². The van der Waals surface area contributed by atoms with Gasteiger partial charge in [0, 0.05) is 24.7 Å². The highest BCUT2D eigenvalue weighted by Gasteiger charge is 2.31. The minimum absolute atomic E-state index is 0.0233. The number of amides is 1. The van der Waals surface area contributed by atoms with Gasteiger partial charge in [0.25, 0.3) is 5.91 Å². The Morgan fingerprint density at radius 2 is 1.60 bits per heavy atom. The molecule has 0 atom stereocenters. The Bertz CT molecular complexity index is 1010. The fraction of sp³-hybridized carbons (Fsp3) is 0.458. The van der Waals surface area contributed by atoms with Crippen LogP contribution in [0.25, 0.3) is 0 Å². The molecule has 162 valence electrons. The number of carbonyl (C=O) groups is 1. The number of hydrogen-bond donors (Lipinski definition) is 1. The smallest absolute Gasteiger partial charge is 0.251 e. The zero-order chi connectivity index (χ0) is 22.1. The number of benzene rings is 2. The number of nitrogens with one attached hydrogen (secondary N) is 1. The quantitative estimate of drug-likeness (QED) is 0.794. The summed E-state index contributed by atoms with van der Waals surface area (Å²) in [5.74, 6) is -0.105. The van der Waals surface area contributed by atoms with E-state index in [1.165, 1.54) is 9.87 Å². The molecule has 0 aliphatic carbocycles. The maximum absolute atomic E-state index is 13.1. The summed E-state index contributed by atoms with van der Waals surface area (Å²) in [6.45, 7) is 11.0. The molecule has 0 bridgehead atoms. The van der Waals surface area contributed by atoms with E-state index in [1.54, 1.807) is 6.07 Å². The highest BCUT2D eigenvalue weighted by atomic mass is 32.2. The van der Waals surface area contributed by atoms with Crippen LogP contribution in [0.5, 0.6) is 0 Å². The summed E-state index contributed by atoms with van der Waals surface area (Å²) in [4.78, 5) is 13.0. The second-order valence-electron chi connectivity index (χ2n) is 9.25.